The van der Waals surface area contributed by atoms with E-state index in [0.717, 1.165) is 0 Å². The molecule has 0 radical (unpaired) electrons. The third kappa shape index (κ3) is 1.86. The Labute approximate surface area is 91.9 Å². The van der Waals surface area contributed by atoms with Crippen molar-refractivity contribution in [2.45, 2.75) is 34.6 Å². The molecule has 1 fully saturated rings. The Balaban J connectivity index is 2.49. The van der Waals surface area contributed by atoms with Crippen molar-refractivity contribution in [1.29, 1.82) is 5.26 Å². The quantitative estimate of drug-likeness (QED) is 0.770. The van der Waals surface area contributed by atoms with Gasteiger partial charge in [0, 0.05) is 12.5 Å². The first kappa shape index (κ1) is 12.0. The highest BCUT2D eigenvalue weighted by molar-refractivity contribution is 5.84. The molecule has 0 aromatic carbocycles. The monoisotopic (exact) mass is 208 g/mol. The zero-order valence-electron chi connectivity index (χ0n) is 10.2. The smallest absolute Gasteiger partial charge is 0.224 e. The summed E-state index contributed by atoms with van der Waals surface area (Å²) in [7, 11) is 0. The molecule has 1 atom stereocenters. The van der Waals surface area contributed by atoms with Gasteiger partial charge in [0.15, 0.2) is 0 Å². The van der Waals surface area contributed by atoms with Crippen molar-refractivity contribution in [3.05, 3.63) is 0 Å². The standard InChI is InChI=1S/C12H20N2O/c1-8(6-13)7-14-10(15)9-11(2,3)12(9,4)5/h8-9H,7H2,1-5H3,(H,14,15). The second-order valence-corrected chi connectivity index (χ2v) is 5.65. The van der Waals surface area contributed by atoms with E-state index < -0.39 is 0 Å². The Kier molecular flexibility index (Phi) is 2.82. The molecule has 1 amide bonds. The van der Waals surface area contributed by atoms with E-state index in [1.165, 1.54) is 0 Å². The predicted octanol–water partition coefficient (Wildman–Crippen LogP) is 1.94. The fraction of sp³-hybridized carbons (Fsp3) is 0.833. The fourth-order valence-electron chi connectivity index (χ4n) is 2.25. The van der Waals surface area contributed by atoms with E-state index in [9.17, 15) is 4.79 Å². The molecule has 1 rings (SSSR count). The van der Waals surface area contributed by atoms with Crippen molar-refractivity contribution < 1.29 is 4.79 Å². The van der Waals surface area contributed by atoms with Crippen molar-refractivity contribution in [2.24, 2.45) is 22.7 Å². The molecule has 0 aromatic heterocycles. The third-order valence-corrected chi connectivity index (χ3v) is 4.09. The Morgan fingerprint density at radius 3 is 2.20 bits per heavy atom. The summed E-state index contributed by atoms with van der Waals surface area (Å²) in [6, 6.07) is 2.11. The molecule has 1 aliphatic rings. The summed E-state index contributed by atoms with van der Waals surface area (Å²) in [5.74, 6) is 0.0573. The van der Waals surface area contributed by atoms with E-state index in [4.69, 9.17) is 5.26 Å². The van der Waals surface area contributed by atoms with Crippen LogP contribution in [-0.2, 0) is 4.79 Å². The normalized spacial score (nSPS) is 24.0. The van der Waals surface area contributed by atoms with Gasteiger partial charge in [-0.1, -0.05) is 27.7 Å². The molecule has 1 N–H and O–H groups in total. The van der Waals surface area contributed by atoms with Gasteiger partial charge in [-0.05, 0) is 17.8 Å². The molecule has 84 valence electrons. The van der Waals surface area contributed by atoms with Crippen molar-refractivity contribution >= 4 is 5.91 Å². The Morgan fingerprint density at radius 2 is 1.87 bits per heavy atom. The van der Waals surface area contributed by atoms with Crippen LogP contribution in [0.5, 0.6) is 0 Å². The van der Waals surface area contributed by atoms with Gasteiger partial charge in [0.1, 0.15) is 0 Å². The van der Waals surface area contributed by atoms with Crippen LogP contribution in [-0.4, -0.2) is 12.5 Å². The molecule has 0 saturated heterocycles. The van der Waals surface area contributed by atoms with Crippen LogP contribution in [0.3, 0.4) is 0 Å². The van der Waals surface area contributed by atoms with E-state index in [2.05, 4.69) is 39.1 Å². The van der Waals surface area contributed by atoms with Gasteiger partial charge in [-0.15, -0.1) is 0 Å². The summed E-state index contributed by atoms with van der Waals surface area (Å²) >= 11 is 0. The van der Waals surface area contributed by atoms with Gasteiger partial charge in [-0.3, -0.25) is 4.79 Å². The summed E-state index contributed by atoms with van der Waals surface area (Å²) in [4.78, 5) is 11.8. The van der Waals surface area contributed by atoms with Crippen LogP contribution in [0, 0.1) is 34.0 Å². The van der Waals surface area contributed by atoms with Crippen molar-refractivity contribution in [3.63, 3.8) is 0 Å². The van der Waals surface area contributed by atoms with E-state index in [1.807, 2.05) is 6.92 Å². The maximum absolute atomic E-state index is 11.8. The first-order valence-corrected chi connectivity index (χ1v) is 5.42. The molecule has 0 bridgehead atoms. The molecule has 1 aliphatic carbocycles. The molecule has 1 unspecified atom stereocenters. The number of carbonyl (C=O) groups excluding carboxylic acids is 1. The van der Waals surface area contributed by atoms with Gasteiger partial charge in [-0.2, -0.15) is 5.26 Å². The van der Waals surface area contributed by atoms with Gasteiger partial charge in [0.05, 0.1) is 12.0 Å². The number of carbonyl (C=O) groups is 1. The molecular formula is C12H20N2O. The first-order valence-electron chi connectivity index (χ1n) is 5.42. The Morgan fingerprint density at radius 1 is 1.40 bits per heavy atom. The maximum atomic E-state index is 11.8. The van der Waals surface area contributed by atoms with Crippen LogP contribution in [0.25, 0.3) is 0 Å². The minimum Gasteiger partial charge on any atom is -0.355 e. The second-order valence-electron chi connectivity index (χ2n) is 5.65. The highest BCUT2D eigenvalue weighted by Crippen LogP contribution is 2.68. The van der Waals surface area contributed by atoms with Crippen molar-refractivity contribution in [3.8, 4) is 6.07 Å². The van der Waals surface area contributed by atoms with Gasteiger partial charge < -0.3 is 5.32 Å². The van der Waals surface area contributed by atoms with Crippen LogP contribution in [0.4, 0.5) is 0 Å². The maximum Gasteiger partial charge on any atom is 0.224 e. The molecule has 3 heteroatoms. The number of rotatable bonds is 3. The van der Waals surface area contributed by atoms with Gasteiger partial charge in [-0.25, -0.2) is 0 Å². The molecule has 1 saturated carbocycles. The lowest BCUT2D eigenvalue weighted by atomic mass is 10.0. The number of nitrogens with one attached hydrogen (secondary N) is 1. The summed E-state index contributed by atoms with van der Waals surface area (Å²) in [5.41, 5.74) is 0.153. The molecule has 0 heterocycles. The predicted molar refractivity (Wildman–Crippen MR) is 58.8 cm³/mol. The number of hydrogen-bond acceptors (Lipinski definition) is 2. The average molecular weight is 208 g/mol. The number of hydrogen-bond donors (Lipinski definition) is 1. The summed E-state index contributed by atoms with van der Waals surface area (Å²) in [6.07, 6.45) is 0. The Bertz CT molecular complexity index is 298. The molecule has 0 aromatic rings. The summed E-state index contributed by atoms with van der Waals surface area (Å²) in [5, 5.41) is 11.5. The van der Waals surface area contributed by atoms with Gasteiger partial charge >= 0.3 is 0 Å². The van der Waals surface area contributed by atoms with Crippen LogP contribution in [0.2, 0.25) is 0 Å². The highest BCUT2D eigenvalue weighted by atomic mass is 16.2. The molecule has 0 spiro atoms. The SMILES string of the molecule is CC(C#N)CNC(=O)C1C(C)(C)C1(C)C. The fourth-order valence-corrected chi connectivity index (χ4v) is 2.25. The lowest BCUT2D eigenvalue weighted by molar-refractivity contribution is -0.123. The second kappa shape index (κ2) is 3.52. The van der Waals surface area contributed by atoms with Crippen LogP contribution >= 0.6 is 0 Å². The van der Waals surface area contributed by atoms with Gasteiger partial charge in [0.25, 0.3) is 0 Å². The third-order valence-electron chi connectivity index (χ3n) is 4.09. The molecule has 3 nitrogen and oxygen atoms in total. The average Bonchev–Trinajstić information content (AvgIpc) is 2.53. The largest absolute Gasteiger partial charge is 0.355 e. The summed E-state index contributed by atoms with van der Waals surface area (Å²) < 4.78 is 0. The molecule has 0 aliphatic heterocycles. The minimum atomic E-state index is -0.112. The zero-order chi connectivity index (χ0) is 11.9. The van der Waals surface area contributed by atoms with E-state index >= 15 is 0 Å². The van der Waals surface area contributed by atoms with E-state index in [-0.39, 0.29) is 28.6 Å². The van der Waals surface area contributed by atoms with Crippen molar-refractivity contribution in [1.82, 2.24) is 5.32 Å². The van der Waals surface area contributed by atoms with Crippen LogP contribution in [0.15, 0.2) is 0 Å². The first-order chi connectivity index (χ1) is 6.75. The molecular weight excluding hydrogens is 188 g/mol. The van der Waals surface area contributed by atoms with Crippen LogP contribution in [0.1, 0.15) is 34.6 Å². The van der Waals surface area contributed by atoms with Gasteiger partial charge in [0.2, 0.25) is 5.91 Å². The number of nitrogens with zero attached hydrogens (tertiary/aromatic N) is 1. The van der Waals surface area contributed by atoms with Crippen LogP contribution < -0.4 is 5.32 Å². The van der Waals surface area contributed by atoms with E-state index in [0.29, 0.717) is 6.54 Å². The zero-order valence-corrected chi connectivity index (χ0v) is 10.2. The summed E-state index contributed by atoms with van der Waals surface area (Å²) in [6.45, 7) is 10.7. The number of nitriles is 1. The highest BCUT2D eigenvalue weighted by Gasteiger charge is 2.68. The lowest BCUT2D eigenvalue weighted by Gasteiger charge is -2.06. The lowest BCUT2D eigenvalue weighted by Crippen LogP contribution is -2.30. The minimum absolute atomic E-state index is 0.0764. The van der Waals surface area contributed by atoms with Crippen molar-refractivity contribution in [2.75, 3.05) is 6.54 Å². The molecule has 15 heavy (non-hydrogen) atoms. The number of amides is 1. The topological polar surface area (TPSA) is 52.9 Å². The Hall–Kier alpha value is -1.04. The van der Waals surface area contributed by atoms with E-state index in [1.54, 1.807) is 0 Å².